The molecule has 0 unspecified atom stereocenters. The molecule has 1 aliphatic rings. The third kappa shape index (κ3) is 3.56. The van der Waals surface area contributed by atoms with Gasteiger partial charge in [-0.2, -0.15) is 0 Å². The van der Waals surface area contributed by atoms with E-state index in [2.05, 4.69) is 5.48 Å². The number of ether oxygens (including phenoxy) is 1. The third-order valence-corrected chi connectivity index (χ3v) is 4.45. The highest BCUT2D eigenvalue weighted by molar-refractivity contribution is 6.03. The molecule has 130 valence electrons. The Morgan fingerprint density at radius 1 is 1.00 bits per heavy atom. The van der Waals surface area contributed by atoms with Gasteiger partial charge in [-0.25, -0.2) is 5.48 Å². The zero-order chi connectivity index (χ0) is 17.7. The first kappa shape index (κ1) is 17.2. The molecule has 1 aliphatic carbocycles. The van der Waals surface area contributed by atoms with Gasteiger partial charge in [0, 0.05) is 0 Å². The van der Waals surface area contributed by atoms with Crippen LogP contribution >= 0.6 is 0 Å². The Morgan fingerprint density at radius 2 is 1.60 bits per heavy atom. The molecule has 0 saturated heterocycles. The van der Waals surface area contributed by atoms with Crippen molar-refractivity contribution in [2.24, 2.45) is 5.41 Å². The number of hydrogen-bond acceptors (Lipinski definition) is 4. The van der Waals surface area contributed by atoms with Crippen LogP contribution in [0.25, 0.3) is 0 Å². The van der Waals surface area contributed by atoms with E-state index in [1.165, 1.54) is 0 Å². The molecule has 0 bridgehead atoms. The van der Waals surface area contributed by atoms with Gasteiger partial charge in [0.2, 0.25) is 0 Å². The number of hydrogen-bond donors (Lipinski definition) is 1. The highest BCUT2D eigenvalue weighted by Gasteiger charge is 2.51. The fraction of sp³-hybridized carbons (Fsp3) is 0.300. The van der Waals surface area contributed by atoms with Gasteiger partial charge in [-0.3, -0.25) is 14.4 Å². The van der Waals surface area contributed by atoms with Gasteiger partial charge in [-0.15, -0.1) is 0 Å². The lowest BCUT2D eigenvalue weighted by atomic mass is 9.84. The Morgan fingerprint density at radius 3 is 2.20 bits per heavy atom. The Labute approximate surface area is 146 Å². The number of amides is 1. The number of fused-ring (bicyclic) bond motifs is 1. The first-order valence-electron chi connectivity index (χ1n) is 8.36. The minimum Gasteiger partial charge on any atom is -0.465 e. The lowest BCUT2D eigenvalue weighted by Crippen LogP contribution is -2.48. The Kier molecular flexibility index (Phi) is 5.14. The smallest absolute Gasteiger partial charge is 0.322 e. The van der Waals surface area contributed by atoms with Crippen LogP contribution in [0.15, 0.2) is 54.6 Å². The Hall–Kier alpha value is -2.66. The molecule has 0 aliphatic heterocycles. The molecule has 2 aromatic rings. The fourth-order valence-electron chi connectivity index (χ4n) is 3.14. The first-order chi connectivity index (χ1) is 12.2. The number of carbonyl (C=O) groups excluding carboxylic acids is 2. The predicted octanol–water partition coefficient (Wildman–Crippen LogP) is 2.58. The van der Waals surface area contributed by atoms with Crippen molar-refractivity contribution in [1.29, 1.82) is 0 Å². The average Bonchev–Trinajstić information content (AvgIpc) is 3.04. The van der Waals surface area contributed by atoms with Crippen LogP contribution in [0, 0.1) is 5.41 Å². The van der Waals surface area contributed by atoms with Gasteiger partial charge in [0.05, 0.1) is 13.2 Å². The monoisotopic (exact) mass is 339 g/mol. The zero-order valence-electron chi connectivity index (χ0n) is 14.2. The summed E-state index contributed by atoms with van der Waals surface area (Å²) in [6, 6.07) is 17.2. The minimum atomic E-state index is -1.27. The molecule has 0 fully saturated rings. The van der Waals surface area contributed by atoms with E-state index >= 15 is 0 Å². The summed E-state index contributed by atoms with van der Waals surface area (Å²) in [4.78, 5) is 30.7. The molecule has 0 radical (unpaired) electrons. The molecule has 5 nitrogen and oxygen atoms in total. The molecule has 5 heteroatoms. The SMILES string of the molecule is CCOC(=O)C1(C(=O)NOCc2ccccc2)Cc2ccccc2C1. The van der Waals surface area contributed by atoms with Gasteiger partial charge < -0.3 is 4.74 Å². The van der Waals surface area contributed by atoms with E-state index < -0.39 is 17.3 Å². The molecular formula is C20H21NO4. The summed E-state index contributed by atoms with van der Waals surface area (Å²) in [6.45, 7) is 2.20. The quantitative estimate of drug-likeness (QED) is 0.499. The summed E-state index contributed by atoms with van der Waals surface area (Å²) in [5.41, 5.74) is 4.10. The van der Waals surface area contributed by atoms with Crippen LogP contribution in [0.4, 0.5) is 0 Å². The van der Waals surface area contributed by atoms with Crippen molar-refractivity contribution in [2.75, 3.05) is 6.61 Å². The molecule has 0 heterocycles. The molecule has 0 aromatic heterocycles. The van der Waals surface area contributed by atoms with E-state index in [4.69, 9.17) is 9.57 Å². The van der Waals surface area contributed by atoms with Crippen LogP contribution < -0.4 is 5.48 Å². The van der Waals surface area contributed by atoms with Crippen LogP contribution in [0.1, 0.15) is 23.6 Å². The van der Waals surface area contributed by atoms with Gasteiger partial charge in [0.25, 0.3) is 5.91 Å². The maximum absolute atomic E-state index is 12.8. The number of benzene rings is 2. The third-order valence-electron chi connectivity index (χ3n) is 4.45. The maximum atomic E-state index is 12.8. The summed E-state index contributed by atoms with van der Waals surface area (Å²) < 4.78 is 5.19. The summed E-state index contributed by atoms with van der Waals surface area (Å²) in [5, 5.41) is 0. The van der Waals surface area contributed by atoms with Crippen LogP contribution in [0.5, 0.6) is 0 Å². The second-order valence-corrected chi connectivity index (χ2v) is 6.13. The van der Waals surface area contributed by atoms with Gasteiger partial charge in [0.1, 0.15) is 0 Å². The lowest BCUT2D eigenvalue weighted by molar-refractivity contribution is -0.165. The van der Waals surface area contributed by atoms with Crippen molar-refractivity contribution < 1.29 is 19.2 Å². The van der Waals surface area contributed by atoms with E-state index in [0.717, 1.165) is 16.7 Å². The van der Waals surface area contributed by atoms with E-state index in [0.29, 0.717) is 12.8 Å². The van der Waals surface area contributed by atoms with Crippen LogP contribution in [0.3, 0.4) is 0 Å². The number of hydroxylamine groups is 1. The van der Waals surface area contributed by atoms with Crippen molar-refractivity contribution in [1.82, 2.24) is 5.48 Å². The molecule has 25 heavy (non-hydrogen) atoms. The standard InChI is InChI=1S/C20H21NO4/c1-2-24-19(23)20(12-16-10-6-7-11-17(16)13-20)18(22)21-25-14-15-8-4-3-5-9-15/h3-11H,2,12-14H2,1H3,(H,21,22). The highest BCUT2D eigenvalue weighted by Crippen LogP contribution is 2.38. The number of carbonyl (C=O) groups is 2. The van der Waals surface area contributed by atoms with Crippen molar-refractivity contribution in [2.45, 2.75) is 26.4 Å². The van der Waals surface area contributed by atoms with Crippen molar-refractivity contribution in [3.63, 3.8) is 0 Å². The van der Waals surface area contributed by atoms with E-state index in [1.54, 1.807) is 6.92 Å². The van der Waals surface area contributed by atoms with E-state index in [1.807, 2.05) is 54.6 Å². The van der Waals surface area contributed by atoms with Gasteiger partial charge in [0.15, 0.2) is 5.41 Å². The molecular weight excluding hydrogens is 318 g/mol. The molecule has 1 N–H and O–H groups in total. The largest absolute Gasteiger partial charge is 0.465 e. The van der Waals surface area contributed by atoms with E-state index in [-0.39, 0.29) is 13.2 Å². The zero-order valence-corrected chi connectivity index (χ0v) is 14.2. The van der Waals surface area contributed by atoms with Gasteiger partial charge in [-0.1, -0.05) is 54.6 Å². The topological polar surface area (TPSA) is 64.6 Å². The molecule has 3 rings (SSSR count). The number of esters is 1. The number of rotatable bonds is 6. The fourth-order valence-corrected chi connectivity index (χ4v) is 3.14. The summed E-state index contributed by atoms with van der Waals surface area (Å²) in [7, 11) is 0. The molecule has 0 spiro atoms. The predicted molar refractivity (Wildman–Crippen MR) is 92.3 cm³/mol. The molecule has 0 saturated carbocycles. The average molecular weight is 339 g/mol. The summed E-state index contributed by atoms with van der Waals surface area (Å²) in [5.74, 6) is -0.968. The Bertz CT molecular complexity index is 732. The molecule has 0 atom stereocenters. The lowest BCUT2D eigenvalue weighted by Gasteiger charge is -2.25. The summed E-state index contributed by atoms with van der Waals surface area (Å²) >= 11 is 0. The maximum Gasteiger partial charge on any atom is 0.322 e. The van der Waals surface area contributed by atoms with Crippen LogP contribution in [-0.4, -0.2) is 18.5 Å². The number of nitrogens with one attached hydrogen (secondary N) is 1. The van der Waals surface area contributed by atoms with Crippen molar-refractivity contribution in [3.8, 4) is 0 Å². The minimum absolute atomic E-state index is 0.231. The van der Waals surface area contributed by atoms with Crippen LogP contribution in [0.2, 0.25) is 0 Å². The second-order valence-electron chi connectivity index (χ2n) is 6.13. The van der Waals surface area contributed by atoms with Crippen molar-refractivity contribution in [3.05, 3.63) is 71.3 Å². The highest BCUT2D eigenvalue weighted by atomic mass is 16.7. The normalized spacial score (nSPS) is 14.6. The van der Waals surface area contributed by atoms with Gasteiger partial charge >= 0.3 is 5.97 Å². The first-order valence-corrected chi connectivity index (χ1v) is 8.36. The van der Waals surface area contributed by atoms with Crippen LogP contribution in [-0.2, 0) is 38.6 Å². The molecule has 2 aromatic carbocycles. The van der Waals surface area contributed by atoms with Gasteiger partial charge in [-0.05, 0) is 36.5 Å². The molecule has 1 amide bonds. The Balaban J connectivity index is 1.72. The van der Waals surface area contributed by atoms with E-state index in [9.17, 15) is 9.59 Å². The van der Waals surface area contributed by atoms with Crippen molar-refractivity contribution >= 4 is 11.9 Å². The second kappa shape index (κ2) is 7.49. The summed E-state index contributed by atoms with van der Waals surface area (Å²) in [6.07, 6.45) is 0.644.